The van der Waals surface area contributed by atoms with E-state index in [0.29, 0.717) is 17.6 Å². The Balaban J connectivity index is 2.04. The first kappa shape index (κ1) is 13.0. The predicted octanol–water partition coefficient (Wildman–Crippen LogP) is 3.05. The van der Waals surface area contributed by atoms with Crippen molar-refractivity contribution in [2.45, 2.75) is 52.2 Å². The van der Waals surface area contributed by atoms with Gasteiger partial charge in [-0.3, -0.25) is 0 Å². The first-order chi connectivity index (χ1) is 8.54. The fourth-order valence-electron chi connectivity index (χ4n) is 2.40. The molecule has 1 saturated carbocycles. The first-order valence-corrected chi connectivity index (χ1v) is 6.74. The molecule has 0 saturated heterocycles. The molecule has 100 valence electrons. The molecule has 0 aliphatic heterocycles. The van der Waals surface area contributed by atoms with E-state index >= 15 is 0 Å². The van der Waals surface area contributed by atoms with Gasteiger partial charge >= 0.3 is 0 Å². The van der Waals surface area contributed by atoms with Gasteiger partial charge in [-0.1, -0.05) is 6.92 Å². The average molecular weight is 249 g/mol. The van der Waals surface area contributed by atoms with Crippen LogP contribution in [0, 0.1) is 5.92 Å². The number of hydrogen-bond donors (Lipinski definition) is 2. The standard InChI is InChI=1S/C14H23N3O/c1-9(2)18-14-12(15)6-7-13(17-14)16-11-5-4-10(3)8-11/h6-7,9-11H,4-5,8,15H2,1-3H3,(H,16,17). The Hall–Kier alpha value is -1.45. The summed E-state index contributed by atoms with van der Waals surface area (Å²) in [6.45, 7) is 6.24. The highest BCUT2D eigenvalue weighted by Crippen LogP contribution is 2.28. The molecule has 2 unspecified atom stereocenters. The number of nitrogens with one attached hydrogen (secondary N) is 1. The molecule has 2 atom stereocenters. The van der Waals surface area contributed by atoms with Crippen molar-refractivity contribution >= 4 is 11.5 Å². The van der Waals surface area contributed by atoms with Crippen LogP contribution in [0.3, 0.4) is 0 Å². The number of anilines is 2. The van der Waals surface area contributed by atoms with E-state index in [0.717, 1.165) is 11.7 Å². The SMILES string of the molecule is CC1CCC(Nc2ccc(N)c(OC(C)C)n2)C1. The van der Waals surface area contributed by atoms with Crippen LogP contribution >= 0.6 is 0 Å². The fourth-order valence-corrected chi connectivity index (χ4v) is 2.40. The third-order valence-corrected chi connectivity index (χ3v) is 3.28. The summed E-state index contributed by atoms with van der Waals surface area (Å²) in [5.74, 6) is 2.20. The van der Waals surface area contributed by atoms with Crippen LogP contribution in [0.25, 0.3) is 0 Å². The molecule has 3 N–H and O–H groups in total. The summed E-state index contributed by atoms with van der Waals surface area (Å²) in [6, 6.07) is 4.31. The van der Waals surface area contributed by atoms with E-state index in [9.17, 15) is 0 Å². The van der Waals surface area contributed by atoms with Gasteiger partial charge in [0.1, 0.15) is 5.82 Å². The molecule has 1 aliphatic carbocycles. The topological polar surface area (TPSA) is 60.2 Å². The summed E-state index contributed by atoms with van der Waals surface area (Å²) in [5.41, 5.74) is 6.44. The Morgan fingerprint density at radius 3 is 2.78 bits per heavy atom. The Morgan fingerprint density at radius 2 is 2.17 bits per heavy atom. The van der Waals surface area contributed by atoms with Gasteiger partial charge in [0.05, 0.1) is 11.8 Å². The van der Waals surface area contributed by atoms with Crippen molar-refractivity contribution in [3.05, 3.63) is 12.1 Å². The van der Waals surface area contributed by atoms with Gasteiger partial charge in [0.2, 0.25) is 5.88 Å². The third-order valence-electron chi connectivity index (χ3n) is 3.28. The van der Waals surface area contributed by atoms with Gasteiger partial charge in [-0.05, 0) is 51.2 Å². The smallest absolute Gasteiger partial charge is 0.239 e. The third kappa shape index (κ3) is 3.28. The summed E-state index contributed by atoms with van der Waals surface area (Å²) < 4.78 is 5.60. The molecule has 1 aromatic heterocycles. The van der Waals surface area contributed by atoms with Crippen LogP contribution in [0.2, 0.25) is 0 Å². The summed E-state index contributed by atoms with van der Waals surface area (Å²) in [7, 11) is 0. The molecule has 0 spiro atoms. The highest BCUT2D eigenvalue weighted by molar-refractivity contribution is 5.54. The van der Waals surface area contributed by atoms with Crippen molar-refractivity contribution in [1.29, 1.82) is 0 Å². The van der Waals surface area contributed by atoms with E-state index in [1.807, 2.05) is 26.0 Å². The van der Waals surface area contributed by atoms with Crippen molar-refractivity contribution in [3.8, 4) is 5.88 Å². The second kappa shape index (κ2) is 5.46. The maximum Gasteiger partial charge on any atom is 0.239 e. The van der Waals surface area contributed by atoms with E-state index in [4.69, 9.17) is 10.5 Å². The quantitative estimate of drug-likeness (QED) is 0.861. The number of hydrogen-bond acceptors (Lipinski definition) is 4. The largest absolute Gasteiger partial charge is 0.473 e. The van der Waals surface area contributed by atoms with Crippen molar-refractivity contribution in [1.82, 2.24) is 4.98 Å². The van der Waals surface area contributed by atoms with Crippen molar-refractivity contribution in [2.24, 2.45) is 5.92 Å². The number of rotatable bonds is 4. The van der Waals surface area contributed by atoms with Crippen LogP contribution in [0.1, 0.15) is 40.0 Å². The molecular weight excluding hydrogens is 226 g/mol. The van der Waals surface area contributed by atoms with Crippen molar-refractivity contribution < 1.29 is 4.74 Å². The predicted molar refractivity (Wildman–Crippen MR) is 74.8 cm³/mol. The summed E-state index contributed by atoms with van der Waals surface area (Å²) >= 11 is 0. The molecule has 1 fully saturated rings. The van der Waals surface area contributed by atoms with Crippen LogP contribution in [0.15, 0.2) is 12.1 Å². The van der Waals surface area contributed by atoms with Crippen molar-refractivity contribution in [2.75, 3.05) is 11.1 Å². The average Bonchev–Trinajstić information content (AvgIpc) is 2.68. The molecule has 1 aromatic rings. The van der Waals surface area contributed by atoms with Gasteiger partial charge in [0.25, 0.3) is 0 Å². The summed E-state index contributed by atoms with van der Waals surface area (Å²) in [5, 5.41) is 3.47. The highest BCUT2D eigenvalue weighted by atomic mass is 16.5. The molecule has 1 heterocycles. The van der Waals surface area contributed by atoms with Crippen LogP contribution in [-0.2, 0) is 0 Å². The molecule has 18 heavy (non-hydrogen) atoms. The zero-order valence-electron chi connectivity index (χ0n) is 11.4. The monoisotopic (exact) mass is 249 g/mol. The number of aromatic nitrogens is 1. The Labute approximate surface area is 109 Å². The molecule has 0 aromatic carbocycles. The normalized spacial score (nSPS) is 23.3. The van der Waals surface area contributed by atoms with E-state index in [1.54, 1.807) is 0 Å². The number of nitrogens with two attached hydrogens (primary N) is 1. The lowest BCUT2D eigenvalue weighted by Crippen LogP contribution is -2.17. The zero-order chi connectivity index (χ0) is 13.1. The maximum atomic E-state index is 5.85. The van der Waals surface area contributed by atoms with Crippen LogP contribution in [0.5, 0.6) is 5.88 Å². The first-order valence-electron chi connectivity index (χ1n) is 6.74. The highest BCUT2D eigenvalue weighted by Gasteiger charge is 2.21. The zero-order valence-corrected chi connectivity index (χ0v) is 11.4. The molecule has 0 bridgehead atoms. The summed E-state index contributed by atoms with van der Waals surface area (Å²) in [6.07, 6.45) is 3.81. The van der Waals surface area contributed by atoms with E-state index < -0.39 is 0 Å². The van der Waals surface area contributed by atoms with Gasteiger partial charge in [-0.25, -0.2) is 0 Å². The number of ether oxygens (including phenoxy) is 1. The lowest BCUT2D eigenvalue weighted by atomic mass is 10.1. The van der Waals surface area contributed by atoms with E-state index in [-0.39, 0.29) is 6.10 Å². The molecule has 4 heteroatoms. The number of pyridine rings is 1. The molecule has 1 aliphatic rings. The molecule has 0 amide bonds. The van der Waals surface area contributed by atoms with Gasteiger partial charge in [-0.15, -0.1) is 0 Å². The van der Waals surface area contributed by atoms with Gasteiger partial charge in [0.15, 0.2) is 0 Å². The number of nitrogens with zero attached hydrogens (tertiary/aromatic N) is 1. The maximum absolute atomic E-state index is 5.85. The lowest BCUT2D eigenvalue weighted by molar-refractivity contribution is 0.234. The molecular formula is C14H23N3O. The van der Waals surface area contributed by atoms with Crippen LogP contribution in [0.4, 0.5) is 11.5 Å². The molecule has 4 nitrogen and oxygen atoms in total. The lowest BCUT2D eigenvalue weighted by Gasteiger charge is -2.16. The van der Waals surface area contributed by atoms with Crippen LogP contribution < -0.4 is 15.8 Å². The van der Waals surface area contributed by atoms with Gasteiger partial charge in [-0.2, -0.15) is 4.98 Å². The minimum Gasteiger partial charge on any atom is -0.473 e. The van der Waals surface area contributed by atoms with Gasteiger partial charge in [0, 0.05) is 6.04 Å². The van der Waals surface area contributed by atoms with E-state index in [1.165, 1.54) is 19.3 Å². The Bertz CT molecular complexity index is 406. The Morgan fingerprint density at radius 1 is 1.39 bits per heavy atom. The van der Waals surface area contributed by atoms with Crippen LogP contribution in [-0.4, -0.2) is 17.1 Å². The molecule has 0 radical (unpaired) electrons. The van der Waals surface area contributed by atoms with Crippen molar-refractivity contribution in [3.63, 3.8) is 0 Å². The minimum absolute atomic E-state index is 0.0848. The second-order valence-electron chi connectivity index (χ2n) is 5.52. The molecule has 2 rings (SSSR count). The second-order valence-corrected chi connectivity index (χ2v) is 5.52. The summed E-state index contributed by atoms with van der Waals surface area (Å²) in [4.78, 5) is 4.44. The number of nitrogen functional groups attached to an aromatic ring is 1. The van der Waals surface area contributed by atoms with Gasteiger partial charge < -0.3 is 15.8 Å². The van der Waals surface area contributed by atoms with E-state index in [2.05, 4.69) is 17.2 Å². The Kier molecular flexibility index (Phi) is 3.94. The fraction of sp³-hybridized carbons (Fsp3) is 0.643. The minimum atomic E-state index is 0.0848.